The highest BCUT2D eigenvalue weighted by atomic mass is 16.5. The van der Waals surface area contributed by atoms with Crippen LogP contribution >= 0.6 is 0 Å². The Morgan fingerprint density at radius 3 is 2.46 bits per heavy atom. The van der Waals surface area contributed by atoms with Gasteiger partial charge in [0.25, 0.3) is 5.91 Å². The van der Waals surface area contributed by atoms with Crippen molar-refractivity contribution in [3.8, 4) is 17.6 Å². The van der Waals surface area contributed by atoms with Gasteiger partial charge in [-0.2, -0.15) is 5.26 Å². The van der Waals surface area contributed by atoms with Gasteiger partial charge in [-0.3, -0.25) is 4.79 Å². The third-order valence-electron chi connectivity index (χ3n) is 3.78. The predicted octanol–water partition coefficient (Wildman–Crippen LogP) is 4.20. The minimum Gasteiger partial charge on any atom is -0.493 e. The highest BCUT2D eigenvalue weighted by Crippen LogP contribution is 2.29. The molecule has 0 saturated heterocycles. The molecule has 0 heterocycles. The fourth-order valence-corrected chi connectivity index (χ4v) is 2.39. The summed E-state index contributed by atoms with van der Waals surface area (Å²) in [5.41, 5.74) is 2.52. The Balaban J connectivity index is 2.20. The van der Waals surface area contributed by atoms with E-state index in [9.17, 15) is 10.1 Å². The van der Waals surface area contributed by atoms with Crippen LogP contribution in [0.3, 0.4) is 0 Å². The molecular weight excluding hydrogens is 328 g/mol. The van der Waals surface area contributed by atoms with Crippen LogP contribution in [0.2, 0.25) is 0 Å². The minimum atomic E-state index is -0.454. The lowest BCUT2D eigenvalue weighted by Crippen LogP contribution is -2.13. The van der Waals surface area contributed by atoms with Gasteiger partial charge in [-0.05, 0) is 54.8 Å². The lowest BCUT2D eigenvalue weighted by molar-refractivity contribution is -0.112. The van der Waals surface area contributed by atoms with Crippen molar-refractivity contribution < 1.29 is 14.3 Å². The third kappa shape index (κ3) is 4.87. The van der Waals surface area contributed by atoms with Crippen molar-refractivity contribution in [2.75, 3.05) is 19.0 Å². The van der Waals surface area contributed by atoms with Gasteiger partial charge in [-0.25, -0.2) is 0 Å². The summed E-state index contributed by atoms with van der Waals surface area (Å²) in [4.78, 5) is 12.4. The lowest BCUT2D eigenvalue weighted by atomic mass is 10.1. The Morgan fingerprint density at radius 2 is 1.88 bits per heavy atom. The molecule has 2 aromatic carbocycles. The molecule has 5 nitrogen and oxygen atoms in total. The van der Waals surface area contributed by atoms with E-state index < -0.39 is 5.91 Å². The molecular formula is C21H22N2O3. The Bertz CT molecular complexity index is 833. The Kier molecular flexibility index (Phi) is 6.81. The number of amides is 1. The van der Waals surface area contributed by atoms with Crippen molar-refractivity contribution in [3.05, 3.63) is 59.2 Å². The molecule has 0 spiro atoms. The van der Waals surface area contributed by atoms with Crippen LogP contribution < -0.4 is 14.8 Å². The molecule has 0 bridgehead atoms. The van der Waals surface area contributed by atoms with Crippen LogP contribution in [0, 0.1) is 11.3 Å². The third-order valence-corrected chi connectivity index (χ3v) is 3.78. The number of hydrogen-bond donors (Lipinski definition) is 1. The molecule has 1 amide bonds. The number of carbonyl (C=O) groups excluding carboxylic acids is 1. The molecule has 134 valence electrons. The maximum atomic E-state index is 12.4. The molecule has 26 heavy (non-hydrogen) atoms. The summed E-state index contributed by atoms with van der Waals surface area (Å²) in [5, 5.41) is 12.1. The van der Waals surface area contributed by atoms with Gasteiger partial charge in [0.1, 0.15) is 11.6 Å². The summed E-state index contributed by atoms with van der Waals surface area (Å²) < 4.78 is 10.8. The smallest absolute Gasteiger partial charge is 0.266 e. The zero-order valence-electron chi connectivity index (χ0n) is 15.2. The van der Waals surface area contributed by atoms with Crippen molar-refractivity contribution >= 4 is 17.7 Å². The highest BCUT2D eigenvalue weighted by molar-refractivity contribution is 6.09. The van der Waals surface area contributed by atoms with E-state index in [4.69, 9.17) is 9.47 Å². The number of anilines is 1. The number of hydrogen-bond acceptors (Lipinski definition) is 4. The fourth-order valence-electron chi connectivity index (χ4n) is 2.39. The number of carbonyl (C=O) groups is 1. The largest absolute Gasteiger partial charge is 0.493 e. The first-order chi connectivity index (χ1) is 12.6. The molecule has 2 rings (SSSR count). The van der Waals surface area contributed by atoms with Gasteiger partial charge in [-0.1, -0.05) is 25.1 Å². The Labute approximate surface area is 153 Å². The second kappa shape index (κ2) is 9.28. The summed E-state index contributed by atoms with van der Waals surface area (Å²) in [6.45, 7) is 4.47. The number of aryl methyl sites for hydroxylation is 1. The van der Waals surface area contributed by atoms with E-state index in [2.05, 4.69) is 12.2 Å². The Morgan fingerprint density at radius 1 is 1.15 bits per heavy atom. The highest BCUT2D eigenvalue weighted by Gasteiger charge is 2.11. The quantitative estimate of drug-likeness (QED) is 0.600. The minimum absolute atomic E-state index is 0.00998. The summed E-state index contributed by atoms with van der Waals surface area (Å²) in [6, 6.07) is 14.7. The maximum Gasteiger partial charge on any atom is 0.266 e. The number of nitrogens with one attached hydrogen (secondary N) is 1. The molecule has 0 saturated carbocycles. The molecule has 0 aliphatic carbocycles. The summed E-state index contributed by atoms with van der Waals surface area (Å²) >= 11 is 0. The number of nitriles is 1. The average Bonchev–Trinajstić information content (AvgIpc) is 2.67. The molecule has 0 aromatic heterocycles. The molecule has 0 radical (unpaired) electrons. The normalized spacial score (nSPS) is 10.8. The zero-order valence-corrected chi connectivity index (χ0v) is 15.2. The van der Waals surface area contributed by atoms with Gasteiger partial charge in [0.05, 0.1) is 13.7 Å². The average molecular weight is 350 g/mol. The van der Waals surface area contributed by atoms with E-state index in [0.29, 0.717) is 29.4 Å². The van der Waals surface area contributed by atoms with Crippen LogP contribution in [0.1, 0.15) is 25.0 Å². The van der Waals surface area contributed by atoms with Crippen molar-refractivity contribution in [3.63, 3.8) is 0 Å². The molecule has 0 atom stereocenters. The maximum absolute atomic E-state index is 12.4. The second-order valence-corrected chi connectivity index (χ2v) is 5.52. The predicted molar refractivity (Wildman–Crippen MR) is 102 cm³/mol. The van der Waals surface area contributed by atoms with Gasteiger partial charge in [0.2, 0.25) is 0 Å². The standard InChI is InChI=1S/C21H22N2O3/c1-4-15-6-9-18(10-7-15)23-21(24)17(14-22)12-16-8-11-19(26-5-2)20(13-16)25-3/h6-13H,4-5H2,1-3H3,(H,23,24). The number of methoxy groups -OCH3 is 1. The van der Waals surface area contributed by atoms with E-state index >= 15 is 0 Å². The lowest BCUT2D eigenvalue weighted by Gasteiger charge is -2.10. The first-order valence-electron chi connectivity index (χ1n) is 8.44. The van der Waals surface area contributed by atoms with Crippen molar-refractivity contribution in [1.82, 2.24) is 0 Å². The van der Waals surface area contributed by atoms with Crippen molar-refractivity contribution in [2.45, 2.75) is 20.3 Å². The molecule has 0 fully saturated rings. The molecule has 2 aromatic rings. The molecule has 5 heteroatoms. The van der Waals surface area contributed by atoms with Gasteiger partial charge < -0.3 is 14.8 Å². The topological polar surface area (TPSA) is 71.3 Å². The molecule has 0 unspecified atom stereocenters. The van der Waals surface area contributed by atoms with Crippen LogP contribution in [-0.4, -0.2) is 19.6 Å². The second-order valence-electron chi connectivity index (χ2n) is 5.52. The number of ether oxygens (including phenoxy) is 2. The number of rotatable bonds is 7. The van der Waals surface area contributed by atoms with E-state index in [0.717, 1.165) is 6.42 Å². The van der Waals surface area contributed by atoms with E-state index in [1.807, 2.05) is 37.3 Å². The van der Waals surface area contributed by atoms with Crippen LogP contribution in [0.25, 0.3) is 6.08 Å². The first kappa shape index (κ1) is 19.1. The molecule has 1 N–H and O–H groups in total. The zero-order chi connectivity index (χ0) is 18.9. The van der Waals surface area contributed by atoms with E-state index in [-0.39, 0.29) is 5.57 Å². The van der Waals surface area contributed by atoms with Crippen LogP contribution in [0.4, 0.5) is 5.69 Å². The van der Waals surface area contributed by atoms with Crippen LogP contribution in [0.15, 0.2) is 48.0 Å². The van der Waals surface area contributed by atoms with Gasteiger partial charge in [0.15, 0.2) is 11.5 Å². The number of benzene rings is 2. The van der Waals surface area contributed by atoms with Crippen LogP contribution in [0.5, 0.6) is 11.5 Å². The molecule has 0 aliphatic heterocycles. The van der Waals surface area contributed by atoms with Gasteiger partial charge >= 0.3 is 0 Å². The van der Waals surface area contributed by atoms with Gasteiger partial charge in [-0.15, -0.1) is 0 Å². The van der Waals surface area contributed by atoms with E-state index in [1.165, 1.54) is 11.6 Å². The number of nitrogens with zero attached hydrogens (tertiary/aromatic N) is 1. The van der Waals surface area contributed by atoms with Crippen LogP contribution in [-0.2, 0) is 11.2 Å². The first-order valence-corrected chi connectivity index (χ1v) is 8.44. The summed E-state index contributed by atoms with van der Waals surface area (Å²) in [6.07, 6.45) is 2.45. The van der Waals surface area contributed by atoms with Crippen molar-refractivity contribution in [2.24, 2.45) is 0 Å². The Hall–Kier alpha value is -3.26. The SMILES string of the molecule is CCOc1ccc(C=C(C#N)C(=O)Nc2ccc(CC)cc2)cc1OC. The summed E-state index contributed by atoms with van der Waals surface area (Å²) in [7, 11) is 1.54. The fraction of sp³-hybridized carbons (Fsp3) is 0.238. The van der Waals surface area contributed by atoms with E-state index in [1.54, 1.807) is 25.3 Å². The monoisotopic (exact) mass is 350 g/mol. The summed E-state index contributed by atoms with van der Waals surface area (Å²) in [5.74, 6) is 0.712. The van der Waals surface area contributed by atoms with Crippen molar-refractivity contribution in [1.29, 1.82) is 5.26 Å². The molecule has 0 aliphatic rings. The van der Waals surface area contributed by atoms with Gasteiger partial charge in [0, 0.05) is 5.69 Å².